The maximum absolute atomic E-state index is 5.39. The van der Waals surface area contributed by atoms with E-state index in [-0.39, 0.29) is 0 Å². The largest absolute Gasteiger partial charge is 0.460 e. The first kappa shape index (κ1) is 7.40. The molecule has 12 heavy (non-hydrogen) atoms. The Morgan fingerprint density at radius 1 is 1.50 bits per heavy atom. The van der Waals surface area contributed by atoms with Crippen LogP contribution in [0.3, 0.4) is 0 Å². The van der Waals surface area contributed by atoms with E-state index in [0.29, 0.717) is 5.92 Å². The number of furan rings is 1. The molecular weight excluding hydrogens is 152 g/mol. The summed E-state index contributed by atoms with van der Waals surface area (Å²) in [5.41, 5.74) is 4.03. The van der Waals surface area contributed by atoms with Gasteiger partial charge in [-0.25, -0.2) is 0 Å². The van der Waals surface area contributed by atoms with Crippen molar-refractivity contribution >= 4 is 11.1 Å². The quantitative estimate of drug-likeness (QED) is 0.703. The van der Waals surface area contributed by atoms with Crippen molar-refractivity contribution in [2.24, 2.45) is 0 Å². The number of hydrogen-bond donors (Lipinski definition) is 1. The fraction of sp³-hybridized carbons (Fsp3) is 0.444. The molecule has 0 atom stereocenters. The Morgan fingerprint density at radius 3 is 2.92 bits per heavy atom. The standard InChI is InChI=1S/C9H12N2O/c1-5(2)7-9-8(11-10-7)6(3)4-12-9/h4-5H,1-3H3,(H,10,11). The zero-order chi connectivity index (χ0) is 8.72. The van der Waals surface area contributed by atoms with Gasteiger partial charge in [0.05, 0.1) is 12.0 Å². The predicted molar refractivity (Wildman–Crippen MR) is 47.2 cm³/mol. The second kappa shape index (κ2) is 2.37. The van der Waals surface area contributed by atoms with Gasteiger partial charge in [-0.3, -0.25) is 5.10 Å². The summed E-state index contributed by atoms with van der Waals surface area (Å²) in [7, 11) is 0. The Hall–Kier alpha value is -1.25. The van der Waals surface area contributed by atoms with Gasteiger partial charge >= 0.3 is 0 Å². The van der Waals surface area contributed by atoms with Crippen LogP contribution in [0.1, 0.15) is 31.0 Å². The number of fused-ring (bicyclic) bond motifs is 1. The second-order valence-electron chi connectivity index (χ2n) is 3.39. The minimum absolute atomic E-state index is 0.431. The van der Waals surface area contributed by atoms with E-state index < -0.39 is 0 Å². The van der Waals surface area contributed by atoms with Gasteiger partial charge in [0.2, 0.25) is 0 Å². The average molecular weight is 164 g/mol. The van der Waals surface area contributed by atoms with Gasteiger partial charge in [-0.15, -0.1) is 0 Å². The molecule has 2 aromatic heterocycles. The van der Waals surface area contributed by atoms with E-state index in [0.717, 1.165) is 22.4 Å². The number of nitrogens with one attached hydrogen (secondary N) is 1. The normalized spacial score (nSPS) is 11.7. The summed E-state index contributed by atoms with van der Waals surface area (Å²) in [5, 5.41) is 7.17. The van der Waals surface area contributed by atoms with Gasteiger partial charge in [0.15, 0.2) is 5.58 Å². The molecule has 3 nitrogen and oxygen atoms in total. The summed E-state index contributed by atoms with van der Waals surface area (Å²) in [4.78, 5) is 0. The molecule has 0 aromatic carbocycles. The zero-order valence-electron chi connectivity index (χ0n) is 7.51. The Bertz CT molecular complexity index is 397. The third-order valence-electron chi connectivity index (χ3n) is 2.05. The Labute approximate surface area is 70.8 Å². The highest BCUT2D eigenvalue weighted by molar-refractivity contribution is 5.78. The first-order valence-corrected chi connectivity index (χ1v) is 4.12. The van der Waals surface area contributed by atoms with Crippen LogP contribution in [0.4, 0.5) is 0 Å². The van der Waals surface area contributed by atoms with Gasteiger partial charge in [-0.05, 0) is 12.8 Å². The lowest BCUT2D eigenvalue weighted by molar-refractivity contribution is 0.602. The molecule has 64 valence electrons. The van der Waals surface area contributed by atoms with Crippen molar-refractivity contribution in [3.63, 3.8) is 0 Å². The smallest absolute Gasteiger partial charge is 0.175 e. The molecular formula is C9H12N2O. The number of H-pyrrole nitrogens is 1. The third kappa shape index (κ3) is 0.858. The first-order valence-electron chi connectivity index (χ1n) is 4.12. The number of aromatic amines is 1. The van der Waals surface area contributed by atoms with Gasteiger partial charge in [0.1, 0.15) is 5.52 Å². The maximum Gasteiger partial charge on any atom is 0.175 e. The van der Waals surface area contributed by atoms with Gasteiger partial charge < -0.3 is 4.42 Å². The average Bonchev–Trinajstić information content (AvgIpc) is 2.53. The Balaban J connectivity index is 2.71. The highest BCUT2D eigenvalue weighted by Gasteiger charge is 2.13. The lowest BCUT2D eigenvalue weighted by atomic mass is 10.1. The fourth-order valence-corrected chi connectivity index (χ4v) is 1.33. The summed E-state index contributed by atoms with van der Waals surface area (Å²) >= 11 is 0. The van der Waals surface area contributed by atoms with Gasteiger partial charge in [0, 0.05) is 5.56 Å². The highest BCUT2D eigenvalue weighted by atomic mass is 16.3. The Kier molecular flexibility index (Phi) is 1.46. The summed E-state index contributed by atoms with van der Waals surface area (Å²) in [6.45, 7) is 6.23. The lowest BCUT2D eigenvalue weighted by Gasteiger charge is -1.97. The second-order valence-corrected chi connectivity index (χ2v) is 3.39. The highest BCUT2D eigenvalue weighted by Crippen LogP contribution is 2.25. The maximum atomic E-state index is 5.39. The van der Waals surface area contributed by atoms with E-state index in [9.17, 15) is 0 Å². The van der Waals surface area contributed by atoms with Gasteiger partial charge in [-0.1, -0.05) is 13.8 Å². The van der Waals surface area contributed by atoms with Gasteiger partial charge in [0.25, 0.3) is 0 Å². The molecule has 0 aliphatic carbocycles. The van der Waals surface area contributed by atoms with Crippen molar-refractivity contribution in [3.05, 3.63) is 17.5 Å². The van der Waals surface area contributed by atoms with E-state index >= 15 is 0 Å². The molecule has 2 heterocycles. The molecule has 0 radical (unpaired) electrons. The SMILES string of the molecule is Cc1coc2c(C(C)C)[nH]nc12. The summed E-state index contributed by atoms with van der Waals surface area (Å²) < 4.78 is 5.39. The minimum Gasteiger partial charge on any atom is -0.460 e. The van der Waals surface area contributed by atoms with Crippen LogP contribution >= 0.6 is 0 Å². The van der Waals surface area contributed by atoms with Crippen molar-refractivity contribution in [2.45, 2.75) is 26.7 Å². The van der Waals surface area contributed by atoms with Crippen LogP contribution < -0.4 is 0 Å². The van der Waals surface area contributed by atoms with Crippen molar-refractivity contribution < 1.29 is 4.42 Å². The van der Waals surface area contributed by atoms with E-state index in [1.54, 1.807) is 6.26 Å². The molecule has 0 aliphatic rings. The lowest BCUT2D eigenvalue weighted by Crippen LogP contribution is -1.86. The molecule has 0 saturated heterocycles. The molecule has 0 amide bonds. The molecule has 0 bridgehead atoms. The number of rotatable bonds is 1. The van der Waals surface area contributed by atoms with E-state index in [2.05, 4.69) is 24.0 Å². The predicted octanol–water partition coefficient (Wildman–Crippen LogP) is 2.59. The molecule has 0 unspecified atom stereocenters. The molecule has 0 aliphatic heterocycles. The summed E-state index contributed by atoms with van der Waals surface area (Å²) in [6, 6.07) is 0. The number of nitrogens with zero attached hydrogens (tertiary/aromatic N) is 1. The van der Waals surface area contributed by atoms with E-state index in [1.807, 2.05) is 6.92 Å². The van der Waals surface area contributed by atoms with Crippen LogP contribution in [0.25, 0.3) is 11.1 Å². The number of hydrogen-bond acceptors (Lipinski definition) is 2. The van der Waals surface area contributed by atoms with Crippen molar-refractivity contribution in [2.75, 3.05) is 0 Å². The van der Waals surface area contributed by atoms with E-state index in [4.69, 9.17) is 4.42 Å². The van der Waals surface area contributed by atoms with Crippen LogP contribution in [-0.4, -0.2) is 10.2 Å². The minimum atomic E-state index is 0.431. The van der Waals surface area contributed by atoms with Crippen LogP contribution in [0.5, 0.6) is 0 Å². The molecule has 1 N–H and O–H groups in total. The molecule has 0 spiro atoms. The van der Waals surface area contributed by atoms with Gasteiger partial charge in [-0.2, -0.15) is 5.10 Å². The molecule has 0 fully saturated rings. The topological polar surface area (TPSA) is 41.8 Å². The molecule has 3 heteroatoms. The summed E-state index contributed by atoms with van der Waals surface area (Å²) in [5.74, 6) is 0.431. The van der Waals surface area contributed by atoms with Crippen molar-refractivity contribution in [3.8, 4) is 0 Å². The van der Waals surface area contributed by atoms with Crippen LogP contribution in [0, 0.1) is 6.92 Å². The monoisotopic (exact) mass is 164 g/mol. The number of aryl methyl sites for hydroxylation is 1. The van der Waals surface area contributed by atoms with Crippen LogP contribution in [0.2, 0.25) is 0 Å². The third-order valence-corrected chi connectivity index (χ3v) is 2.05. The van der Waals surface area contributed by atoms with Crippen LogP contribution in [0.15, 0.2) is 10.7 Å². The molecule has 0 saturated carbocycles. The van der Waals surface area contributed by atoms with E-state index in [1.165, 1.54) is 0 Å². The van der Waals surface area contributed by atoms with Crippen molar-refractivity contribution in [1.82, 2.24) is 10.2 Å². The first-order chi connectivity index (χ1) is 5.70. The Morgan fingerprint density at radius 2 is 2.25 bits per heavy atom. The zero-order valence-corrected chi connectivity index (χ0v) is 7.51. The fourth-order valence-electron chi connectivity index (χ4n) is 1.33. The van der Waals surface area contributed by atoms with Crippen LogP contribution in [-0.2, 0) is 0 Å². The number of aromatic nitrogens is 2. The summed E-state index contributed by atoms with van der Waals surface area (Å²) in [6.07, 6.45) is 1.75. The van der Waals surface area contributed by atoms with Crippen molar-refractivity contribution in [1.29, 1.82) is 0 Å². The molecule has 2 rings (SSSR count). The molecule has 2 aromatic rings.